The first-order valence-electron chi connectivity index (χ1n) is 8.79. The Bertz CT molecular complexity index is 719. The number of hydrogen-bond acceptors (Lipinski definition) is 3. The van der Waals surface area contributed by atoms with Crippen molar-refractivity contribution in [1.29, 1.82) is 5.26 Å². The first-order valence-corrected chi connectivity index (χ1v) is 8.79. The normalized spacial score (nSPS) is 12.7. The van der Waals surface area contributed by atoms with Gasteiger partial charge >= 0.3 is 6.09 Å². The number of nitrogens with one attached hydrogen (secondary N) is 1. The van der Waals surface area contributed by atoms with Crippen molar-refractivity contribution in [1.82, 2.24) is 5.32 Å². The molecule has 26 heavy (non-hydrogen) atoms. The second kappa shape index (κ2) is 8.05. The van der Waals surface area contributed by atoms with Gasteiger partial charge in [0.05, 0.1) is 6.07 Å². The summed E-state index contributed by atoms with van der Waals surface area (Å²) >= 11 is 0. The zero-order valence-corrected chi connectivity index (χ0v) is 15.8. The van der Waals surface area contributed by atoms with Crippen molar-refractivity contribution in [2.24, 2.45) is 0 Å². The van der Waals surface area contributed by atoms with Crippen LogP contribution in [0.15, 0.2) is 60.7 Å². The van der Waals surface area contributed by atoms with Crippen LogP contribution in [0.3, 0.4) is 0 Å². The van der Waals surface area contributed by atoms with Crippen molar-refractivity contribution in [2.45, 2.75) is 51.2 Å². The fourth-order valence-corrected chi connectivity index (χ4v) is 3.04. The number of hydrogen-bond donors (Lipinski definition) is 1. The van der Waals surface area contributed by atoms with Gasteiger partial charge in [-0.25, -0.2) is 4.79 Å². The van der Waals surface area contributed by atoms with E-state index in [-0.39, 0.29) is 6.04 Å². The molecule has 0 aliphatic rings. The molecule has 0 radical (unpaired) electrons. The van der Waals surface area contributed by atoms with Crippen molar-refractivity contribution in [3.05, 3.63) is 71.8 Å². The molecule has 1 N–H and O–H groups in total. The van der Waals surface area contributed by atoms with E-state index >= 15 is 0 Å². The Morgan fingerprint density at radius 2 is 1.50 bits per heavy atom. The standard InChI is InChI=1S/C22H26N2O2/c1-17(24-20(25)26-21(2,3)4)15-22(16-23,18-11-7-5-8-12-18)19-13-9-6-10-14-19/h5-14,17H,15H2,1-4H3,(H,24,25). The molecule has 1 amide bonds. The number of carbonyl (C=O) groups excluding carboxylic acids is 1. The number of rotatable bonds is 5. The Hall–Kier alpha value is -2.80. The van der Waals surface area contributed by atoms with E-state index in [9.17, 15) is 10.1 Å². The number of benzene rings is 2. The highest BCUT2D eigenvalue weighted by Crippen LogP contribution is 2.36. The van der Waals surface area contributed by atoms with E-state index in [0.717, 1.165) is 11.1 Å². The Morgan fingerprint density at radius 1 is 1.04 bits per heavy atom. The number of alkyl carbamates (subject to hydrolysis) is 1. The lowest BCUT2D eigenvalue weighted by molar-refractivity contribution is 0.0503. The van der Waals surface area contributed by atoms with Gasteiger partial charge in [0.15, 0.2) is 0 Å². The van der Waals surface area contributed by atoms with Gasteiger partial charge in [0.1, 0.15) is 11.0 Å². The lowest BCUT2D eigenvalue weighted by atomic mass is 9.71. The quantitative estimate of drug-likeness (QED) is 0.842. The van der Waals surface area contributed by atoms with Crippen LogP contribution < -0.4 is 5.32 Å². The average Bonchev–Trinajstić information content (AvgIpc) is 2.59. The SMILES string of the molecule is CC(CC(C#N)(c1ccccc1)c1ccccc1)NC(=O)OC(C)(C)C. The van der Waals surface area contributed by atoms with Crippen molar-refractivity contribution < 1.29 is 9.53 Å². The third-order valence-electron chi connectivity index (χ3n) is 4.10. The number of ether oxygens (including phenoxy) is 1. The molecule has 0 fully saturated rings. The van der Waals surface area contributed by atoms with Crippen molar-refractivity contribution in [2.75, 3.05) is 0 Å². The Morgan fingerprint density at radius 3 is 1.88 bits per heavy atom. The summed E-state index contributed by atoms with van der Waals surface area (Å²) in [6.07, 6.45) is -0.0329. The molecule has 2 aromatic rings. The van der Waals surface area contributed by atoms with Crippen molar-refractivity contribution >= 4 is 6.09 Å². The summed E-state index contributed by atoms with van der Waals surface area (Å²) in [7, 11) is 0. The molecule has 0 aromatic heterocycles. The molecular formula is C22H26N2O2. The Balaban J connectivity index is 2.31. The fraction of sp³-hybridized carbons (Fsp3) is 0.364. The first kappa shape index (κ1) is 19.5. The van der Waals surface area contributed by atoms with E-state index in [2.05, 4.69) is 11.4 Å². The molecule has 0 heterocycles. The van der Waals surface area contributed by atoms with E-state index in [1.165, 1.54) is 0 Å². The van der Waals surface area contributed by atoms with Crippen LogP contribution in [0, 0.1) is 11.3 Å². The van der Waals surface area contributed by atoms with Crippen LogP contribution in [0.5, 0.6) is 0 Å². The number of carbonyl (C=O) groups is 1. The van der Waals surface area contributed by atoms with Crippen LogP contribution in [-0.4, -0.2) is 17.7 Å². The summed E-state index contributed by atoms with van der Waals surface area (Å²) in [6, 6.07) is 21.6. The summed E-state index contributed by atoms with van der Waals surface area (Å²) in [5, 5.41) is 13.0. The van der Waals surface area contributed by atoms with Crippen LogP contribution >= 0.6 is 0 Å². The maximum atomic E-state index is 12.1. The maximum absolute atomic E-state index is 12.1. The van der Waals surface area contributed by atoms with Gasteiger partial charge in [-0.15, -0.1) is 0 Å². The fourth-order valence-electron chi connectivity index (χ4n) is 3.04. The number of nitriles is 1. The second-order valence-corrected chi connectivity index (χ2v) is 7.50. The van der Waals surface area contributed by atoms with Gasteiger partial charge in [0.2, 0.25) is 0 Å². The van der Waals surface area contributed by atoms with Gasteiger partial charge in [-0.3, -0.25) is 0 Å². The van der Waals surface area contributed by atoms with Crippen LogP contribution in [0.1, 0.15) is 45.2 Å². The highest BCUT2D eigenvalue weighted by molar-refractivity contribution is 5.68. The average molecular weight is 350 g/mol. The van der Waals surface area contributed by atoms with Crippen LogP contribution in [0.4, 0.5) is 4.79 Å². The van der Waals surface area contributed by atoms with Crippen LogP contribution in [0.25, 0.3) is 0 Å². The summed E-state index contributed by atoms with van der Waals surface area (Å²) in [5.74, 6) is 0. The smallest absolute Gasteiger partial charge is 0.407 e. The molecule has 1 unspecified atom stereocenters. The molecule has 2 aromatic carbocycles. The zero-order valence-electron chi connectivity index (χ0n) is 15.8. The monoisotopic (exact) mass is 350 g/mol. The summed E-state index contributed by atoms with van der Waals surface area (Å²) in [6.45, 7) is 7.36. The lowest BCUT2D eigenvalue weighted by Crippen LogP contribution is -2.42. The maximum Gasteiger partial charge on any atom is 0.407 e. The largest absolute Gasteiger partial charge is 0.444 e. The van der Waals surface area contributed by atoms with E-state index < -0.39 is 17.1 Å². The topological polar surface area (TPSA) is 62.1 Å². The molecule has 0 bridgehead atoms. The summed E-state index contributed by atoms with van der Waals surface area (Å²) < 4.78 is 5.33. The molecule has 4 nitrogen and oxygen atoms in total. The van der Waals surface area contributed by atoms with Crippen molar-refractivity contribution in [3.63, 3.8) is 0 Å². The van der Waals surface area contributed by atoms with Crippen LogP contribution in [0.2, 0.25) is 0 Å². The van der Waals surface area contributed by atoms with Gasteiger partial charge in [-0.2, -0.15) is 5.26 Å². The molecule has 0 aliphatic carbocycles. The van der Waals surface area contributed by atoms with Gasteiger partial charge in [0.25, 0.3) is 0 Å². The Kier molecular flexibility index (Phi) is 6.05. The third kappa shape index (κ3) is 4.86. The third-order valence-corrected chi connectivity index (χ3v) is 4.10. The van der Waals surface area contributed by atoms with Gasteiger partial charge in [0, 0.05) is 6.04 Å². The minimum atomic E-state index is -0.850. The summed E-state index contributed by atoms with van der Waals surface area (Å²) in [4.78, 5) is 12.1. The van der Waals surface area contributed by atoms with E-state index in [4.69, 9.17) is 4.74 Å². The van der Waals surface area contributed by atoms with Gasteiger partial charge in [-0.1, -0.05) is 60.7 Å². The predicted octanol–water partition coefficient (Wildman–Crippen LogP) is 4.80. The molecule has 1 atom stereocenters. The first-order chi connectivity index (χ1) is 12.3. The van der Waals surface area contributed by atoms with Crippen LogP contribution in [-0.2, 0) is 10.2 Å². The number of amides is 1. The molecule has 136 valence electrons. The molecular weight excluding hydrogens is 324 g/mol. The Labute approximate surface area is 155 Å². The van der Waals surface area contributed by atoms with Gasteiger partial charge < -0.3 is 10.1 Å². The van der Waals surface area contributed by atoms with E-state index in [0.29, 0.717) is 6.42 Å². The highest BCUT2D eigenvalue weighted by Gasteiger charge is 2.36. The second-order valence-electron chi connectivity index (χ2n) is 7.50. The highest BCUT2D eigenvalue weighted by atomic mass is 16.6. The number of nitrogens with zero attached hydrogens (tertiary/aromatic N) is 1. The molecule has 2 rings (SSSR count). The molecule has 0 saturated carbocycles. The minimum absolute atomic E-state index is 0.245. The molecule has 0 aliphatic heterocycles. The van der Waals surface area contributed by atoms with E-state index in [1.807, 2.05) is 88.4 Å². The van der Waals surface area contributed by atoms with Gasteiger partial charge in [-0.05, 0) is 45.2 Å². The van der Waals surface area contributed by atoms with Crippen molar-refractivity contribution in [3.8, 4) is 6.07 Å². The minimum Gasteiger partial charge on any atom is -0.444 e. The molecule has 0 spiro atoms. The molecule has 0 saturated heterocycles. The summed E-state index contributed by atoms with van der Waals surface area (Å²) in [5.41, 5.74) is 0.407. The zero-order chi connectivity index (χ0) is 19.2. The van der Waals surface area contributed by atoms with E-state index in [1.54, 1.807) is 0 Å². The lowest BCUT2D eigenvalue weighted by Gasteiger charge is -2.31. The predicted molar refractivity (Wildman–Crippen MR) is 103 cm³/mol. The molecule has 4 heteroatoms.